The largest absolute Gasteiger partial charge is 0.324 e. The Kier molecular flexibility index (Phi) is 6.04. The first-order valence-electron chi connectivity index (χ1n) is 8.25. The van der Waals surface area contributed by atoms with Crippen molar-refractivity contribution in [1.82, 2.24) is 9.88 Å². The molecule has 6 heteroatoms. The molecule has 1 N–H and O–H groups in total. The van der Waals surface area contributed by atoms with Crippen LogP contribution in [0, 0.1) is 6.92 Å². The molecule has 0 aliphatic rings. The van der Waals surface area contributed by atoms with Gasteiger partial charge in [-0.25, -0.2) is 4.98 Å². The number of para-hydroxylation sites is 1. The number of aromatic nitrogens is 1. The van der Waals surface area contributed by atoms with Gasteiger partial charge in [0.05, 0.1) is 22.9 Å². The second kappa shape index (κ2) is 8.45. The molecule has 0 aliphatic heterocycles. The number of anilines is 1. The Labute approximate surface area is 162 Å². The molecular weight excluding hydrogens is 366 g/mol. The molecule has 1 aromatic heterocycles. The molecular formula is C20H20ClN3OS. The summed E-state index contributed by atoms with van der Waals surface area (Å²) < 4.78 is 0. The van der Waals surface area contributed by atoms with Crippen LogP contribution in [0.25, 0.3) is 10.6 Å². The summed E-state index contributed by atoms with van der Waals surface area (Å²) in [6.45, 7) is 2.95. The van der Waals surface area contributed by atoms with Crippen LogP contribution in [0.3, 0.4) is 0 Å². The molecule has 134 valence electrons. The Morgan fingerprint density at radius 2 is 1.92 bits per heavy atom. The van der Waals surface area contributed by atoms with E-state index in [1.165, 1.54) is 5.56 Å². The van der Waals surface area contributed by atoms with Crippen molar-refractivity contribution in [2.75, 3.05) is 18.9 Å². The molecule has 0 saturated heterocycles. The van der Waals surface area contributed by atoms with Crippen LogP contribution in [0.15, 0.2) is 53.9 Å². The number of halogens is 1. The molecule has 0 aliphatic carbocycles. The van der Waals surface area contributed by atoms with Gasteiger partial charge < -0.3 is 5.32 Å². The second-order valence-corrected chi connectivity index (χ2v) is 7.48. The Bertz CT molecular complexity index is 892. The van der Waals surface area contributed by atoms with Crippen LogP contribution in [-0.2, 0) is 11.3 Å². The van der Waals surface area contributed by atoms with Gasteiger partial charge in [0.1, 0.15) is 5.01 Å². The highest BCUT2D eigenvalue weighted by atomic mass is 35.5. The summed E-state index contributed by atoms with van der Waals surface area (Å²) in [7, 11) is 1.90. The highest BCUT2D eigenvalue weighted by Crippen LogP contribution is 2.24. The molecule has 0 bridgehead atoms. The minimum Gasteiger partial charge on any atom is -0.324 e. The van der Waals surface area contributed by atoms with E-state index in [2.05, 4.69) is 41.5 Å². The number of amides is 1. The van der Waals surface area contributed by atoms with E-state index < -0.39 is 0 Å². The van der Waals surface area contributed by atoms with E-state index in [0.29, 0.717) is 17.3 Å². The lowest BCUT2D eigenvalue weighted by atomic mass is 10.2. The number of hydrogen-bond donors (Lipinski definition) is 1. The van der Waals surface area contributed by atoms with Gasteiger partial charge >= 0.3 is 0 Å². The molecule has 1 amide bonds. The quantitative estimate of drug-likeness (QED) is 0.660. The zero-order valence-electron chi connectivity index (χ0n) is 14.7. The number of rotatable bonds is 6. The maximum atomic E-state index is 12.2. The Hall–Kier alpha value is -2.21. The molecule has 0 fully saturated rings. The van der Waals surface area contributed by atoms with Gasteiger partial charge in [0.2, 0.25) is 5.91 Å². The van der Waals surface area contributed by atoms with E-state index >= 15 is 0 Å². The first-order valence-corrected chi connectivity index (χ1v) is 9.51. The van der Waals surface area contributed by atoms with Gasteiger partial charge in [0.25, 0.3) is 0 Å². The topological polar surface area (TPSA) is 45.2 Å². The SMILES string of the molecule is Cc1ccc(-c2nc(CN(C)CC(=O)Nc3ccccc3Cl)cs2)cc1. The van der Waals surface area contributed by atoms with Crippen molar-refractivity contribution < 1.29 is 4.79 Å². The molecule has 0 unspecified atom stereocenters. The number of thiazole rings is 1. The Morgan fingerprint density at radius 3 is 2.65 bits per heavy atom. The minimum absolute atomic E-state index is 0.102. The number of likely N-dealkylation sites (N-methyl/N-ethyl adjacent to an activating group) is 1. The summed E-state index contributed by atoms with van der Waals surface area (Å²) in [5, 5.41) is 6.40. The van der Waals surface area contributed by atoms with Gasteiger partial charge in [0.15, 0.2) is 0 Å². The molecule has 2 aromatic carbocycles. The van der Waals surface area contributed by atoms with Crippen molar-refractivity contribution in [1.29, 1.82) is 0 Å². The molecule has 1 heterocycles. The van der Waals surface area contributed by atoms with Crippen molar-refractivity contribution in [3.05, 3.63) is 70.2 Å². The van der Waals surface area contributed by atoms with Gasteiger partial charge in [-0.2, -0.15) is 0 Å². The summed E-state index contributed by atoms with van der Waals surface area (Å²) in [6.07, 6.45) is 0. The van der Waals surface area contributed by atoms with Crippen molar-refractivity contribution in [2.24, 2.45) is 0 Å². The Morgan fingerprint density at radius 1 is 1.19 bits per heavy atom. The van der Waals surface area contributed by atoms with Crippen LogP contribution in [-0.4, -0.2) is 29.4 Å². The smallest absolute Gasteiger partial charge is 0.238 e. The number of carbonyl (C=O) groups is 1. The fourth-order valence-electron chi connectivity index (χ4n) is 2.54. The average molecular weight is 386 g/mol. The molecule has 0 saturated carbocycles. The second-order valence-electron chi connectivity index (χ2n) is 6.21. The maximum Gasteiger partial charge on any atom is 0.238 e. The summed E-state index contributed by atoms with van der Waals surface area (Å²) >= 11 is 7.69. The first kappa shape index (κ1) is 18.6. The highest BCUT2D eigenvalue weighted by molar-refractivity contribution is 7.13. The van der Waals surface area contributed by atoms with Gasteiger partial charge in [-0.1, -0.05) is 53.6 Å². The molecule has 0 radical (unpaired) electrons. The van der Waals surface area contributed by atoms with Crippen LogP contribution in [0.5, 0.6) is 0 Å². The standard InChI is InChI=1S/C20H20ClN3OS/c1-14-7-9-15(10-8-14)20-22-16(13-26-20)11-24(2)12-19(25)23-18-6-4-3-5-17(18)21/h3-10,13H,11-12H2,1-2H3,(H,23,25). The predicted molar refractivity (Wildman–Crippen MR) is 109 cm³/mol. The van der Waals surface area contributed by atoms with E-state index in [1.54, 1.807) is 23.5 Å². The molecule has 4 nitrogen and oxygen atoms in total. The molecule has 3 rings (SSSR count). The monoisotopic (exact) mass is 385 g/mol. The number of benzene rings is 2. The van der Waals surface area contributed by atoms with Crippen molar-refractivity contribution in [3.8, 4) is 10.6 Å². The minimum atomic E-state index is -0.102. The zero-order chi connectivity index (χ0) is 18.5. The lowest BCUT2D eigenvalue weighted by Gasteiger charge is -2.15. The summed E-state index contributed by atoms with van der Waals surface area (Å²) in [4.78, 5) is 18.8. The molecule has 26 heavy (non-hydrogen) atoms. The number of hydrogen-bond acceptors (Lipinski definition) is 4. The van der Waals surface area contributed by atoms with Crippen LogP contribution in [0.1, 0.15) is 11.3 Å². The third-order valence-electron chi connectivity index (χ3n) is 3.84. The number of carbonyl (C=O) groups excluding carboxylic acids is 1. The number of nitrogens with zero attached hydrogens (tertiary/aromatic N) is 2. The molecule has 3 aromatic rings. The molecule has 0 atom stereocenters. The lowest BCUT2D eigenvalue weighted by Crippen LogP contribution is -2.30. The van der Waals surface area contributed by atoms with Gasteiger partial charge in [-0.3, -0.25) is 9.69 Å². The third kappa shape index (κ3) is 4.91. The van der Waals surface area contributed by atoms with Crippen molar-refractivity contribution >= 4 is 34.5 Å². The highest BCUT2D eigenvalue weighted by Gasteiger charge is 2.11. The van der Waals surface area contributed by atoms with Crippen LogP contribution >= 0.6 is 22.9 Å². The zero-order valence-corrected chi connectivity index (χ0v) is 16.3. The van der Waals surface area contributed by atoms with Crippen molar-refractivity contribution in [2.45, 2.75) is 13.5 Å². The normalized spacial score (nSPS) is 10.9. The summed E-state index contributed by atoms with van der Waals surface area (Å²) in [6, 6.07) is 15.5. The van der Waals surface area contributed by atoms with Gasteiger partial charge in [-0.15, -0.1) is 11.3 Å². The van der Waals surface area contributed by atoms with E-state index in [0.717, 1.165) is 16.3 Å². The maximum absolute atomic E-state index is 12.2. The van der Waals surface area contributed by atoms with Crippen LogP contribution < -0.4 is 5.32 Å². The van der Waals surface area contributed by atoms with Crippen LogP contribution in [0.4, 0.5) is 5.69 Å². The van der Waals surface area contributed by atoms with Crippen LogP contribution in [0.2, 0.25) is 5.02 Å². The summed E-state index contributed by atoms with van der Waals surface area (Å²) in [5.41, 5.74) is 3.93. The fourth-order valence-corrected chi connectivity index (χ4v) is 3.54. The first-order chi connectivity index (χ1) is 12.5. The van der Waals surface area contributed by atoms with E-state index in [-0.39, 0.29) is 12.5 Å². The van der Waals surface area contributed by atoms with Crippen molar-refractivity contribution in [3.63, 3.8) is 0 Å². The predicted octanol–water partition coefficient (Wildman–Crippen LogP) is 4.84. The van der Waals surface area contributed by atoms with E-state index in [9.17, 15) is 4.79 Å². The number of nitrogens with one attached hydrogen (secondary N) is 1. The lowest BCUT2D eigenvalue weighted by molar-refractivity contribution is -0.117. The average Bonchev–Trinajstić information content (AvgIpc) is 3.05. The van der Waals surface area contributed by atoms with Gasteiger partial charge in [0, 0.05) is 17.5 Å². The van der Waals surface area contributed by atoms with Gasteiger partial charge in [-0.05, 0) is 26.1 Å². The van der Waals surface area contributed by atoms with E-state index in [4.69, 9.17) is 11.6 Å². The fraction of sp³-hybridized carbons (Fsp3) is 0.200. The Balaban J connectivity index is 1.56. The third-order valence-corrected chi connectivity index (χ3v) is 5.11. The number of aryl methyl sites for hydroxylation is 1. The van der Waals surface area contributed by atoms with E-state index in [1.807, 2.05) is 29.5 Å². The summed E-state index contributed by atoms with van der Waals surface area (Å²) in [5.74, 6) is -0.102. The molecule has 0 spiro atoms.